The van der Waals surface area contributed by atoms with E-state index in [-0.39, 0.29) is 29.5 Å². The van der Waals surface area contributed by atoms with Gasteiger partial charge in [-0.2, -0.15) is 9.57 Å². The van der Waals surface area contributed by atoms with Gasteiger partial charge in [0.1, 0.15) is 6.07 Å². The molecular formula is C21H31N4O3S+. The minimum Gasteiger partial charge on any atom is -0.336 e. The molecule has 1 heterocycles. The molecule has 0 bridgehead atoms. The van der Waals surface area contributed by atoms with E-state index in [0.717, 1.165) is 0 Å². The number of nitrogens with two attached hydrogens (primary N) is 1. The van der Waals surface area contributed by atoms with Crippen molar-refractivity contribution in [3.05, 3.63) is 29.8 Å². The standard InChI is InChI=1S/C21H30N4O3S/c22-16-18-8-6-7-11-20(18)29(27,28)25-14-12-24(13-15-25)21(26)17-23-19-9-4-2-1-3-5-10-19/h6-8,11,19,23H,1-5,9-10,12-15,17H2/p+1. The minimum absolute atomic E-state index is 0.0416. The predicted molar refractivity (Wildman–Crippen MR) is 109 cm³/mol. The molecule has 1 aromatic carbocycles. The van der Waals surface area contributed by atoms with Gasteiger partial charge in [0.25, 0.3) is 5.91 Å². The molecule has 1 saturated heterocycles. The highest BCUT2D eigenvalue weighted by atomic mass is 32.2. The zero-order chi connectivity index (χ0) is 20.7. The summed E-state index contributed by atoms with van der Waals surface area (Å²) in [4.78, 5) is 14.4. The highest BCUT2D eigenvalue weighted by Gasteiger charge is 2.32. The number of carbonyl (C=O) groups excluding carboxylic acids is 1. The van der Waals surface area contributed by atoms with Crippen molar-refractivity contribution >= 4 is 15.9 Å². The molecular weight excluding hydrogens is 388 g/mol. The Labute approximate surface area is 173 Å². The second kappa shape index (κ2) is 10.2. The first-order valence-electron chi connectivity index (χ1n) is 10.6. The van der Waals surface area contributed by atoms with Crippen LogP contribution in [0.15, 0.2) is 29.2 Å². The molecule has 0 unspecified atom stereocenters. The van der Waals surface area contributed by atoms with E-state index in [0.29, 0.717) is 25.7 Å². The lowest BCUT2D eigenvalue weighted by Crippen LogP contribution is -2.92. The van der Waals surface area contributed by atoms with Crippen molar-refractivity contribution in [3.8, 4) is 6.07 Å². The summed E-state index contributed by atoms with van der Waals surface area (Å²) < 4.78 is 27.2. The lowest BCUT2D eigenvalue weighted by atomic mass is 9.97. The maximum Gasteiger partial charge on any atom is 0.277 e. The first-order chi connectivity index (χ1) is 14.0. The predicted octanol–water partition coefficient (Wildman–Crippen LogP) is 1.07. The van der Waals surface area contributed by atoms with Crippen molar-refractivity contribution in [2.45, 2.75) is 55.9 Å². The largest absolute Gasteiger partial charge is 0.336 e. The van der Waals surface area contributed by atoms with Crippen molar-refractivity contribution in [2.75, 3.05) is 32.7 Å². The van der Waals surface area contributed by atoms with Gasteiger partial charge in [0, 0.05) is 26.2 Å². The Morgan fingerprint density at radius 3 is 2.31 bits per heavy atom. The average Bonchev–Trinajstić information content (AvgIpc) is 2.72. The topological polar surface area (TPSA) is 98.1 Å². The maximum absolute atomic E-state index is 12.9. The van der Waals surface area contributed by atoms with Crippen molar-refractivity contribution in [1.29, 1.82) is 5.26 Å². The second-order valence-corrected chi connectivity index (χ2v) is 9.84. The van der Waals surface area contributed by atoms with Gasteiger partial charge in [-0.1, -0.05) is 31.4 Å². The number of piperazine rings is 1. The van der Waals surface area contributed by atoms with E-state index in [2.05, 4.69) is 5.32 Å². The van der Waals surface area contributed by atoms with E-state index in [9.17, 15) is 18.5 Å². The van der Waals surface area contributed by atoms with Gasteiger partial charge < -0.3 is 10.2 Å². The fourth-order valence-corrected chi connectivity index (χ4v) is 5.79. The lowest BCUT2D eigenvalue weighted by molar-refractivity contribution is -0.681. The molecule has 158 valence electrons. The highest BCUT2D eigenvalue weighted by molar-refractivity contribution is 7.89. The number of hydrogen-bond donors (Lipinski definition) is 1. The number of benzene rings is 1. The fourth-order valence-electron chi connectivity index (χ4n) is 4.22. The Bertz CT molecular complexity index is 834. The number of carbonyl (C=O) groups is 1. The van der Waals surface area contributed by atoms with E-state index < -0.39 is 10.0 Å². The summed E-state index contributed by atoms with van der Waals surface area (Å²) in [7, 11) is -3.73. The molecule has 1 aliphatic carbocycles. The average molecular weight is 420 g/mol. The van der Waals surface area contributed by atoms with Crippen LogP contribution in [0.4, 0.5) is 0 Å². The van der Waals surface area contributed by atoms with Crippen LogP contribution >= 0.6 is 0 Å². The Hall–Kier alpha value is -1.95. The molecule has 0 spiro atoms. The molecule has 7 nitrogen and oxygen atoms in total. The fraction of sp³-hybridized carbons (Fsp3) is 0.619. The van der Waals surface area contributed by atoms with Crippen LogP contribution in [0.5, 0.6) is 0 Å². The molecule has 3 rings (SSSR count). The zero-order valence-corrected chi connectivity index (χ0v) is 17.7. The van der Waals surface area contributed by atoms with Crippen LogP contribution in [0.1, 0.15) is 50.5 Å². The molecule has 0 atom stereocenters. The number of hydrogen-bond acceptors (Lipinski definition) is 4. The Balaban J connectivity index is 1.52. The van der Waals surface area contributed by atoms with Crippen LogP contribution < -0.4 is 5.32 Å². The van der Waals surface area contributed by atoms with Crippen LogP contribution in [0, 0.1) is 11.3 Å². The van der Waals surface area contributed by atoms with Crippen LogP contribution in [-0.4, -0.2) is 62.3 Å². The normalized spacial score (nSPS) is 19.9. The van der Waals surface area contributed by atoms with Crippen LogP contribution in [0.3, 0.4) is 0 Å². The SMILES string of the molecule is N#Cc1ccccc1S(=O)(=O)N1CCN(C(=O)C[NH2+]C2CCCCCCC2)CC1. The molecule has 0 aromatic heterocycles. The molecule has 2 aliphatic rings. The number of amides is 1. The van der Waals surface area contributed by atoms with E-state index in [1.807, 2.05) is 6.07 Å². The quantitative estimate of drug-likeness (QED) is 0.772. The van der Waals surface area contributed by atoms with Crippen LogP contribution in [0.2, 0.25) is 0 Å². The van der Waals surface area contributed by atoms with Crippen molar-refractivity contribution in [2.24, 2.45) is 0 Å². The first kappa shape index (κ1) is 21.8. The molecule has 0 radical (unpaired) electrons. The van der Waals surface area contributed by atoms with Crippen molar-refractivity contribution < 1.29 is 18.5 Å². The van der Waals surface area contributed by atoms with Gasteiger partial charge in [0.2, 0.25) is 10.0 Å². The Kier molecular flexibility index (Phi) is 7.64. The maximum atomic E-state index is 12.9. The zero-order valence-electron chi connectivity index (χ0n) is 16.9. The summed E-state index contributed by atoms with van der Waals surface area (Å²) in [6.07, 6.45) is 8.77. The van der Waals surface area contributed by atoms with Gasteiger partial charge in [0.05, 0.1) is 16.5 Å². The van der Waals surface area contributed by atoms with Gasteiger partial charge >= 0.3 is 0 Å². The molecule has 2 fully saturated rings. The van der Waals surface area contributed by atoms with Crippen molar-refractivity contribution in [1.82, 2.24) is 9.21 Å². The summed E-state index contributed by atoms with van der Waals surface area (Å²) >= 11 is 0. The van der Waals surface area contributed by atoms with Crippen LogP contribution in [0.25, 0.3) is 0 Å². The van der Waals surface area contributed by atoms with E-state index in [1.165, 1.54) is 61.4 Å². The molecule has 1 saturated carbocycles. The first-order valence-corrected chi connectivity index (χ1v) is 12.1. The van der Waals surface area contributed by atoms with E-state index in [1.54, 1.807) is 17.0 Å². The van der Waals surface area contributed by atoms with E-state index in [4.69, 9.17) is 0 Å². The van der Waals surface area contributed by atoms with Crippen LogP contribution in [-0.2, 0) is 14.8 Å². The summed E-state index contributed by atoms with van der Waals surface area (Å²) in [5, 5.41) is 11.4. The number of nitriles is 1. The molecule has 1 amide bonds. The Morgan fingerprint density at radius 2 is 1.66 bits per heavy atom. The number of rotatable bonds is 5. The third-order valence-corrected chi connectivity index (χ3v) is 7.95. The van der Waals surface area contributed by atoms with Crippen molar-refractivity contribution in [3.63, 3.8) is 0 Å². The monoisotopic (exact) mass is 419 g/mol. The van der Waals surface area contributed by atoms with Gasteiger partial charge in [-0.05, 0) is 37.8 Å². The number of sulfonamides is 1. The minimum atomic E-state index is -3.73. The number of nitrogens with zero attached hydrogens (tertiary/aromatic N) is 3. The summed E-state index contributed by atoms with van der Waals surface area (Å²) in [6, 6.07) is 8.74. The van der Waals surface area contributed by atoms with Gasteiger partial charge in [-0.25, -0.2) is 8.42 Å². The number of quaternary nitrogens is 1. The molecule has 29 heavy (non-hydrogen) atoms. The van der Waals surface area contributed by atoms with Gasteiger partial charge in [-0.3, -0.25) is 4.79 Å². The Morgan fingerprint density at radius 1 is 1.03 bits per heavy atom. The second-order valence-electron chi connectivity index (χ2n) is 7.94. The summed E-state index contributed by atoms with van der Waals surface area (Å²) in [5.74, 6) is 0.0848. The summed E-state index contributed by atoms with van der Waals surface area (Å²) in [5.41, 5.74) is 0.153. The summed E-state index contributed by atoms with van der Waals surface area (Å²) in [6.45, 7) is 1.75. The lowest BCUT2D eigenvalue weighted by Gasteiger charge is -2.34. The third-order valence-electron chi connectivity index (χ3n) is 5.99. The highest BCUT2D eigenvalue weighted by Crippen LogP contribution is 2.21. The smallest absolute Gasteiger partial charge is 0.277 e. The molecule has 1 aliphatic heterocycles. The van der Waals surface area contributed by atoms with Gasteiger partial charge in [-0.15, -0.1) is 0 Å². The third kappa shape index (κ3) is 5.56. The molecule has 1 aromatic rings. The van der Waals surface area contributed by atoms with E-state index >= 15 is 0 Å². The molecule has 8 heteroatoms. The molecule has 2 N–H and O–H groups in total. The van der Waals surface area contributed by atoms with Gasteiger partial charge in [0.15, 0.2) is 6.54 Å².